The summed E-state index contributed by atoms with van der Waals surface area (Å²) in [6.45, 7) is 4.67. The van der Waals surface area contributed by atoms with Gasteiger partial charge >= 0.3 is 0 Å². The number of rotatable bonds is 4. The zero-order valence-electron chi connectivity index (χ0n) is 14.0. The molecule has 130 valence electrons. The molecule has 0 atom stereocenters. The Labute approximate surface area is 159 Å². The second-order valence-electron chi connectivity index (χ2n) is 5.55. The molecule has 0 spiro atoms. The Hall–Kier alpha value is -0.900. The van der Waals surface area contributed by atoms with Gasteiger partial charge in [-0.25, -0.2) is 4.98 Å². The first-order chi connectivity index (χ1) is 10.6. The highest BCUT2D eigenvalue weighted by molar-refractivity contribution is 14.0. The molecule has 0 saturated carbocycles. The summed E-state index contributed by atoms with van der Waals surface area (Å²) in [5.41, 5.74) is 0. The van der Waals surface area contributed by atoms with E-state index in [4.69, 9.17) is 0 Å². The number of hydrogen-bond donors (Lipinski definition) is 2. The van der Waals surface area contributed by atoms with Crippen LogP contribution in [0.15, 0.2) is 11.2 Å². The van der Waals surface area contributed by atoms with Crippen LogP contribution in [0, 0.1) is 12.8 Å². The minimum Gasteiger partial charge on any atom is -0.359 e. The summed E-state index contributed by atoms with van der Waals surface area (Å²) < 4.78 is 0. The maximum Gasteiger partial charge on any atom is 0.220 e. The van der Waals surface area contributed by atoms with Crippen LogP contribution < -0.4 is 10.6 Å². The van der Waals surface area contributed by atoms with E-state index in [-0.39, 0.29) is 29.9 Å². The number of carbonyl (C=O) groups is 1. The third-order valence-corrected chi connectivity index (χ3v) is 4.88. The van der Waals surface area contributed by atoms with E-state index in [1.165, 1.54) is 4.88 Å². The number of hydrogen-bond acceptors (Lipinski definition) is 4. The number of aryl methyl sites for hydroxylation is 1. The van der Waals surface area contributed by atoms with E-state index in [0.717, 1.165) is 43.4 Å². The van der Waals surface area contributed by atoms with Crippen LogP contribution in [0.2, 0.25) is 0 Å². The van der Waals surface area contributed by atoms with E-state index in [9.17, 15) is 4.79 Å². The van der Waals surface area contributed by atoms with Gasteiger partial charge in [0.05, 0.1) is 11.6 Å². The molecule has 0 bridgehead atoms. The van der Waals surface area contributed by atoms with Gasteiger partial charge in [-0.3, -0.25) is 9.79 Å². The molecule has 23 heavy (non-hydrogen) atoms. The van der Waals surface area contributed by atoms with Gasteiger partial charge in [0.15, 0.2) is 5.96 Å². The molecule has 2 rings (SSSR count). The third kappa shape index (κ3) is 6.25. The topological polar surface area (TPSA) is 69.6 Å². The lowest BCUT2D eigenvalue weighted by Crippen LogP contribution is -2.45. The molecule has 1 saturated heterocycles. The Morgan fingerprint density at radius 2 is 2.17 bits per heavy atom. The SMILES string of the molecule is CN=C(NCc1cnc(C)s1)N1CCC(CC(=O)NC)CC1.I. The van der Waals surface area contributed by atoms with Crippen molar-refractivity contribution in [3.8, 4) is 0 Å². The molecule has 2 N–H and O–H groups in total. The number of nitrogens with one attached hydrogen (secondary N) is 2. The van der Waals surface area contributed by atoms with Gasteiger partial charge in [0.25, 0.3) is 0 Å². The zero-order chi connectivity index (χ0) is 15.9. The average Bonchev–Trinajstić information content (AvgIpc) is 2.95. The Bertz CT molecular complexity index is 526. The fourth-order valence-corrected chi connectivity index (χ4v) is 3.43. The molecule has 1 aromatic heterocycles. The van der Waals surface area contributed by atoms with Crippen molar-refractivity contribution in [1.82, 2.24) is 20.5 Å². The van der Waals surface area contributed by atoms with E-state index in [0.29, 0.717) is 12.3 Å². The molecule has 0 radical (unpaired) electrons. The molecule has 0 aromatic carbocycles. The number of guanidine groups is 1. The van der Waals surface area contributed by atoms with E-state index in [1.807, 2.05) is 20.2 Å². The van der Waals surface area contributed by atoms with Crippen LogP contribution in [0.3, 0.4) is 0 Å². The summed E-state index contributed by atoms with van der Waals surface area (Å²) in [6.07, 6.45) is 4.62. The molecule has 0 unspecified atom stereocenters. The molecule has 2 heterocycles. The summed E-state index contributed by atoms with van der Waals surface area (Å²) in [5.74, 6) is 1.56. The Morgan fingerprint density at radius 1 is 1.48 bits per heavy atom. The van der Waals surface area contributed by atoms with Gasteiger partial charge in [-0.05, 0) is 25.7 Å². The minimum absolute atomic E-state index is 0. The minimum atomic E-state index is 0. The second-order valence-corrected chi connectivity index (χ2v) is 6.87. The summed E-state index contributed by atoms with van der Waals surface area (Å²) in [4.78, 5) is 23.6. The Morgan fingerprint density at radius 3 is 2.70 bits per heavy atom. The van der Waals surface area contributed by atoms with Crippen molar-refractivity contribution in [2.45, 2.75) is 32.7 Å². The predicted molar refractivity (Wildman–Crippen MR) is 105 cm³/mol. The number of aromatic nitrogens is 1. The van der Waals surface area contributed by atoms with Gasteiger partial charge in [0.2, 0.25) is 5.91 Å². The summed E-state index contributed by atoms with van der Waals surface area (Å²) in [6, 6.07) is 0. The van der Waals surface area contributed by atoms with Crippen LogP contribution in [0.4, 0.5) is 0 Å². The summed E-state index contributed by atoms with van der Waals surface area (Å²) in [7, 11) is 3.52. The van der Waals surface area contributed by atoms with Crippen LogP contribution >= 0.6 is 35.3 Å². The number of nitrogens with zero attached hydrogens (tertiary/aromatic N) is 3. The average molecular weight is 451 g/mol. The maximum atomic E-state index is 11.4. The van der Waals surface area contributed by atoms with Crippen molar-refractivity contribution in [3.63, 3.8) is 0 Å². The highest BCUT2D eigenvalue weighted by atomic mass is 127. The normalized spacial score (nSPS) is 16.0. The summed E-state index contributed by atoms with van der Waals surface area (Å²) in [5, 5.41) is 7.19. The quantitative estimate of drug-likeness (QED) is 0.418. The van der Waals surface area contributed by atoms with Crippen molar-refractivity contribution in [1.29, 1.82) is 0 Å². The largest absolute Gasteiger partial charge is 0.359 e. The van der Waals surface area contributed by atoms with Crippen LogP contribution in [-0.4, -0.2) is 48.9 Å². The van der Waals surface area contributed by atoms with Crippen molar-refractivity contribution in [2.24, 2.45) is 10.9 Å². The van der Waals surface area contributed by atoms with Gasteiger partial charge in [0.1, 0.15) is 0 Å². The standard InChI is InChI=1S/C15H25N5OS.HI/c1-11-18-9-13(22-11)10-19-15(17-3)20-6-4-12(5-7-20)8-14(21)16-2;/h9,12H,4-8,10H2,1-3H3,(H,16,21)(H,17,19);1H. The molecule has 1 aliphatic rings. The lowest BCUT2D eigenvalue weighted by molar-refractivity contribution is -0.121. The number of aliphatic imine (C=N–C) groups is 1. The Balaban J connectivity index is 0.00000264. The molecular weight excluding hydrogens is 425 g/mol. The number of thiazole rings is 1. The number of piperidine rings is 1. The highest BCUT2D eigenvalue weighted by Gasteiger charge is 2.23. The van der Waals surface area contributed by atoms with Crippen LogP contribution in [-0.2, 0) is 11.3 Å². The second kappa shape index (κ2) is 10.1. The van der Waals surface area contributed by atoms with Gasteiger partial charge in [-0.2, -0.15) is 0 Å². The van der Waals surface area contributed by atoms with E-state index >= 15 is 0 Å². The monoisotopic (exact) mass is 451 g/mol. The van der Waals surface area contributed by atoms with Gasteiger partial charge in [-0.15, -0.1) is 35.3 Å². The summed E-state index contributed by atoms with van der Waals surface area (Å²) >= 11 is 1.71. The molecule has 6 nitrogen and oxygen atoms in total. The fourth-order valence-electron chi connectivity index (χ4n) is 2.70. The predicted octanol–water partition coefficient (Wildman–Crippen LogP) is 1.99. The van der Waals surface area contributed by atoms with Crippen molar-refractivity contribution < 1.29 is 4.79 Å². The van der Waals surface area contributed by atoms with Gasteiger partial charge in [-0.1, -0.05) is 0 Å². The molecular formula is C15H26IN5OS. The molecule has 1 aromatic rings. The molecule has 1 aliphatic heterocycles. The number of carbonyl (C=O) groups excluding carboxylic acids is 1. The molecule has 8 heteroatoms. The number of amides is 1. The molecule has 0 aliphatic carbocycles. The Kier molecular flexibility index (Phi) is 8.82. The first kappa shape index (κ1) is 20.1. The van der Waals surface area contributed by atoms with Gasteiger partial charge in [0, 0.05) is 44.7 Å². The first-order valence-electron chi connectivity index (χ1n) is 7.70. The van der Waals surface area contributed by atoms with Crippen molar-refractivity contribution >= 4 is 47.2 Å². The van der Waals surface area contributed by atoms with Crippen LogP contribution in [0.5, 0.6) is 0 Å². The van der Waals surface area contributed by atoms with E-state index in [1.54, 1.807) is 18.4 Å². The first-order valence-corrected chi connectivity index (χ1v) is 8.51. The van der Waals surface area contributed by atoms with E-state index < -0.39 is 0 Å². The van der Waals surface area contributed by atoms with Crippen molar-refractivity contribution in [3.05, 3.63) is 16.1 Å². The van der Waals surface area contributed by atoms with Crippen LogP contribution in [0.1, 0.15) is 29.1 Å². The maximum absolute atomic E-state index is 11.4. The molecule has 1 fully saturated rings. The molecule has 1 amide bonds. The van der Waals surface area contributed by atoms with Crippen molar-refractivity contribution in [2.75, 3.05) is 27.2 Å². The highest BCUT2D eigenvalue weighted by Crippen LogP contribution is 2.20. The number of halogens is 1. The van der Waals surface area contributed by atoms with Gasteiger partial charge < -0.3 is 15.5 Å². The fraction of sp³-hybridized carbons (Fsp3) is 0.667. The smallest absolute Gasteiger partial charge is 0.220 e. The van der Waals surface area contributed by atoms with E-state index in [2.05, 4.69) is 25.5 Å². The zero-order valence-corrected chi connectivity index (χ0v) is 17.1. The van der Waals surface area contributed by atoms with Crippen LogP contribution in [0.25, 0.3) is 0 Å². The third-order valence-electron chi connectivity index (χ3n) is 3.97. The lowest BCUT2D eigenvalue weighted by atomic mass is 9.93. The number of likely N-dealkylation sites (tertiary alicyclic amines) is 1. The lowest BCUT2D eigenvalue weighted by Gasteiger charge is -2.34.